The van der Waals surface area contributed by atoms with Gasteiger partial charge in [-0.2, -0.15) is 14.9 Å². The topological polar surface area (TPSA) is 66.3 Å². The Balaban J connectivity index is 1.82. The van der Waals surface area contributed by atoms with E-state index in [4.69, 9.17) is 12.2 Å². The predicted molar refractivity (Wildman–Crippen MR) is 118 cm³/mol. The SMILES string of the molecule is CCN1C(=O)/C(=N/n2c(-c3ccc(C(C)(C)C)cc3)n[nH]c2=S)c2ccccc21. The third-order valence-electron chi connectivity index (χ3n) is 5.07. The van der Waals surface area contributed by atoms with Crippen LogP contribution >= 0.6 is 12.2 Å². The van der Waals surface area contributed by atoms with Gasteiger partial charge in [0.2, 0.25) is 4.77 Å². The van der Waals surface area contributed by atoms with Crippen LogP contribution in [0.2, 0.25) is 0 Å². The maximum Gasteiger partial charge on any atom is 0.279 e. The quantitative estimate of drug-likeness (QED) is 0.651. The molecule has 0 atom stereocenters. The number of H-pyrrole nitrogens is 1. The average molecular weight is 406 g/mol. The van der Waals surface area contributed by atoms with E-state index in [9.17, 15) is 4.79 Å². The van der Waals surface area contributed by atoms with Gasteiger partial charge in [0, 0.05) is 17.7 Å². The summed E-state index contributed by atoms with van der Waals surface area (Å²) in [5.74, 6) is 0.439. The molecule has 4 rings (SSSR count). The van der Waals surface area contributed by atoms with Gasteiger partial charge in [0.25, 0.3) is 5.91 Å². The molecule has 0 radical (unpaired) electrons. The zero-order chi connectivity index (χ0) is 20.8. The Morgan fingerprint density at radius 3 is 2.45 bits per heavy atom. The summed E-state index contributed by atoms with van der Waals surface area (Å²) in [6, 6.07) is 15.8. The number of anilines is 1. The lowest BCUT2D eigenvalue weighted by Gasteiger charge is -2.19. The highest BCUT2D eigenvalue weighted by atomic mass is 32.1. The van der Waals surface area contributed by atoms with E-state index in [2.05, 4.69) is 48.2 Å². The molecule has 29 heavy (non-hydrogen) atoms. The molecule has 0 saturated heterocycles. The van der Waals surface area contributed by atoms with E-state index in [1.165, 1.54) is 10.2 Å². The third-order valence-corrected chi connectivity index (χ3v) is 5.34. The second-order valence-corrected chi connectivity index (χ2v) is 8.39. The molecule has 7 heteroatoms. The van der Waals surface area contributed by atoms with Crippen molar-refractivity contribution in [2.24, 2.45) is 5.10 Å². The number of aromatic amines is 1. The summed E-state index contributed by atoms with van der Waals surface area (Å²) in [5.41, 5.74) is 4.20. The molecule has 6 nitrogen and oxygen atoms in total. The van der Waals surface area contributed by atoms with E-state index < -0.39 is 0 Å². The Bertz CT molecular complexity index is 1160. The molecule has 3 aromatic rings. The highest BCUT2D eigenvalue weighted by Crippen LogP contribution is 2.30. The van der Waals surface area contributed by atoms with Gasteiger partial charge in [-0.15, -0.1) is 0 Å². The summed E-state index contributed by atoms with van der Waals surface area (Å²) >= 11 is 5.40. The van der Waals surface area contributed by atoms with Crippen molar-refractivity contribution in [1.82, 2.24) is 14.9 Å². The first kappa shape index (κ1) is 19.3. The summed E-state index contributed by atoms with van der Waals surface area (Å²) in [5, 5.41) is 11.8. The number of para-hydroxylation sites is 1. The van der Waals surface area contributed by atoms with Crippen molar-refractivity contribution >= 4 is 29.5 Å². The lowest BCUT2D eigenvalue weighted by Crippen LogP contribution is -2.30. The minimum atomic E-state index is -0.133. The number of carbonyl (C=O) groups excluding carboxylic acids is 1. The summed E-state index contributed by atoms with van der Waals surface area (Å²) in [4.78, 5) is 14.7. The molecule has 0 aliphatic carbocycles. The van der Waals surface area contributed by atoms with Crippen molar-refractivity contribution in [3.63, 3.8) is 0 Å². The highest BCUT2D eigenvalue weighted by molar-refractivity contribution is 7.71. The van der Waals surface area contributed by atoms with Crippen molar-refractivity contribution < 1.29 is 4.79 Å². The van der Waals surface area contributed by atoms with Gasteiger partial charge in [-0.3, -0.25) is 4.79 Å². The van der Waals surface area contributed by atoms with Crippen molar-refractivity contribution in [2.45, 2.75) is 33.1 Å². The molecule has 1 N–H and O–H groups in total. The molecule has 0 unspecified atom stereocenters. The maximum absolute atomic E-state index is 13.0. The Labute approximate surface area is 174 Å². The number of likely N-dealkylation sites (N-methyl/N-ethyl adjacent to an activating group) is 1. The number of benzene rings is 2. The van der Waals surface area contributed by atoms with Gasteiger partial charge in [0.1, 0.15) is 0 Å². The van der Waals surface area contributed by atoms with Gasteiger partial charge < -0.3 is 4.90 Å². The van der Waals surface area contributed by atoms with Crippen LogP contribution in [-0.2, 0) is 10.2 Å². The Kier molecular flexibility index (Phi) is 4.70. The number of amides is 1. The molecule has 1 amide bonds. The molecule has 2 aromatic carbocycles. The van der Waals surface area contributed by atoms with E-state index in [0.29, 0.717) is 22.9 Å². The second-order valence-electron chi connectivity index (χ2n) is 8.01. The van der Waals surface area contributed by atoms with Crippen LogP contribution in [0.1, 0.15) is 38.8 Å². The second kappa shape index (κ2) is 7.08. The smallest absolute Gasteiger partial charge is 0.279 e. The zero-order valence-corrected chi connectivity index (χ0v) is 17.7. The minimum absolute atomic E-state index is 0.0626. The first-order valence-corrected chi connectivity index (χ1v) is 10.0. The van der Waals surface area contributed by atoms with Crippen molar-refractivity contribution in [3.8, 4) is 11.4 Å². The molecule has 1 aliphatic rings. The first-order valence-electron chi connectivity index (χ1n) is 9.60. The standard InChI is InChI=1S/C22H23N5OS/c1-5-26-17-9-7-6-8-16(17)18(20(26)28)25-27-19(23-24-21(27)29)14-10-12-15(13-11-14)22(2,3)4/h6-13H,5H2,1-4H3,(H,24,29)/b25-18+. The number of nitrogens with one attached hydrogen (secondary N) is 1. The van der Waals surface area contributed by atoms with Gasteiger partial charge in [-0.05, 0) is 36.2 Å². The fourth-order valence-electron chi connectivity index (χ4n) is 3.46. The molecule has 148 valence electrons. The van der Waals surface area contributed by atoms with Crippen LogP contribution in [0.3, 0.4) is 0 Å². The monoisotopic (exact) mass is 405 g/mol. The third kappa shape index (κ3) is 3.31. The first-order chi connectivity index (χ1) is 13.8. The van der Waals surface area contributed by atoms with Crippen molar-refractivity contribution in [1.29, 1.82) is 0 Å². The molecular formula is C22H23N5OS. The molecule has 0 saturated carbocycles. The summed E-state index contributed by atoms with van der Waals surface area (Å²) in [6.45, 7) is 9.04. The van der Waals surface area contributed by atoms with Crippen molar-refractivity contribution in [3.05, 3.63) is 64.4 Å². The molecule has 1 aliphatic heterocycles. The number of aromatic nitrogens is 3. The van der Waals surface area contributed by atoms with Gasteiger partial charge in [0.15, 0.2) is 11.5 Å². The van der Waals surface area contributed by atoms with Crippen LogP contribution in [-0.4, -0.2) is 33.0 Å². The molecular weight excluding hydrogens is 382 g/mol. The van der Waals surface area contributed by atoms with Crippen LogP contribution < -0.4 is 4.90 Å². The fraction of sp³-hybridized carbons (Fsp3) is 0.273. The van der Waals surface area contributed by atoms with E-state index in [1.807, 2.05) is 43.3 Å². The normalized spacial score (nSPS) is 15.2. The van der Waals surface area contributed by atoms with Crippen LogP contribution in [0.5, 0.6) is 0 Å². The Morgan fingerprint density at radius 2 is 1.79 bits per heavy atom. The predicted octanol–water partition coefficient (Wildman–Crippen LogP) is 4.52. The molecule has 0 bridgehead atoms. The van der Waals surface area contributed by atoms with Crippen LogP contribution in [0.15, 0.2) is 53.6 Å². The van der Waals surface area contributed by atoms with Crippen LogP contribution in [0.25, 0.3) is 11.4 Å². The van der Waals surface area contributed by atoms with Gasteiger partial charge in [-0.1, -0.05) is 63.2 Å². The average Bonchev–Trinajstić information content (AvgIpc) is 3.19. The Morgan fingerprint density at radius 1 is 1.10 bits per heavy atom. The number of hydrogen-bond acceptors (Lipinski definition) is 4. The van der Waals surface area contributed by atoms with E-state index in [-0.39, 0.29) is 11.3 Å². The number of rotatable bonds is 3. The maximum atomic E-state index is 13.0. The number of nitrogens with zero attached hydrogens (tertiary/aromatic N) is 4. The molecule has 2 heterocycles. The number of hydrogen-bond donors (Lipinski definition) is 1. The summed E-state index contributed by atoms with van der Waals surface area (Å²) < 4.78 is 1.87. The van der Waals surface area contributed by atoms with E-state index >= 15 is 0 Å². The fourth-order valence-corrected chi connectivity index (χ4v) is 3.64. The van der Waals surface area contributed by atoms with Crippen LogP contribution in [0.4, 0.5) is 5.69 Å². The highest BCUT2D eigenvalue weighted by Gasteiger charge is 2.33. The molecule has 0 spiro atoms. The van der Waals surface area contributed by atoms with Crippen LogP contribution in [0, 0.1) is 4.77 Å². The lowest BCUT2D eigenvalue weighted by atomic mass is 9.87. The van der Waals surface area contributed by atoms with Gasteiger partial charge >= 0.3 is 0 Å². The van der Waals surface area contributed by atoms with E-state index in [1.54, 1.807) is 4.90 Å². The molecule has 0 fully saturated rings. The zero-order valence-electron chi connectivity index (χ0n) is 16.9. The number of carbonyl (C=O) groups is 1. The van der Waals surface area contributed by atoms with Gasteiger partial charge in [-0.25, -0.2) is 5.10 Å². The summed E-state index contributed by atoms with van der Waals surface area (Å²) in [6.07, 6.45) is 0. The van der Waals surface area contributed by atoms with Gasteiger partial charge in [0.05, 0.1) is 5.69 Å². The lowest BCUT2D eigenvalue weighted by molar-refractivity contribution is -0.112. The summed E-state index contributed by atoms with van der Waals surface area (Å²) in [7, 11) is 0. The van der Waals surface area contributed by atoms with E-state index in [0.717, 1.165) is 16.8 Å². The van der Waals surface area contributed by atoms with Crippen molar-refractivity contribution in [2.75, 3.05) is 11.4 Å². The largest absolute Gasteiger partial charge is 0.307 e. The minimum Gasteiger partial charge on any atom is -0.307 e. The Hall–Kier alpha value is -3.06. The molecule has 1 aromatic heterocycles. The number of fused-ring (bicyclic) bond motifs is 1.